The second-order valence-electron chi connectivity index (χ2n) is 6.55. The van der Waals surface area contributed by atoms with E-state index in [9.17, 15) is 19.2 Å². The van der Waals surface area contributed by atoms with Crippen molar-refractivity contribution >= 4 is 23.8 Å². The number of carbonyl (C=O) groups is 4. The van der Waals surface area contributed by atoms with Crippen molar-refractivity contribution in [2.24, 2.45) is 11.3 Å². The monoisotopic (exact) mass is 375 g/mol. The standard InChI is InChI=1S/C17H29NO8/c1-17(2,16(24)25-3)11-12(15(23)18-8-9-19)5-4-10-26-14(22)7-6-13(20)21/h12,19H,4-11H2,1-3H3,(H,18,23)(H,20,21). The van der Waals surface area contributed by atoms with Crippen LogP contribution in [0.15, 0.2) is 0 Å². The van der Waals surface area contributed by atoms with Crippen LogP contribution >= 0.6 is 0 Å². The molecular weight excluding hydrogens is 346 g/mol. The molecule has 9 heteroatoms. The molecular formula is C17H29NO8. The first-order chi connectivity index (χ1) is 12.1. The smallest absolute Gasteiger partial charge is 0.311 e. The van der Waals surface area contributed by atoms with E-state index >= 15 is 0 Å². The van der Waals surface area contributed by atoms with Gasteiger partial charge in [0.05, 0.1) is 38.6 Å². The number of aliphatic hydroxyl groups excluding tert-OH is 1. The van der Waals surface area contributed by atoms with Gasteiger partial charge in [-0.2, -0.15) is 0 Å². The Kier molecular flexibility index (Phi) is 11.2. The SMILES string of the molecule is COC(=O)C(C)(C)CC(CCCOC(=O)CCC(=O)O)C(=O)NCCO. The number of carboxylic acid groups (broad SMARTS) is 1. The Balaban J connectivity index is 4.58. The Morgan fingerprint density at radius 1 is 1.15 bits per heavy atom. The number of esters is 2. The second-order valence-corrected chi connectivity index (χ2v) is 6.55. The number of nitrogens with one attached hydrogen (secondary N) is 1. The molecule has 1 atom stereocenters. The van der Waals surface area contributed by atoms with Gasteiger partial charge in [0.2, 0.25) is 5.91 Å². The number of hydrogen-bond acceptors (Lipinski definition) is 7. The zero-order valence-electron chi connectivity index (χ0n) is 15.6. The molecule has 0 spiro atoms. The Morgan fingerprint density at radius 2 is 1.81 bits per heavy atom. The van der Waals surface area contributed by atoms with Gasteiger partial charge in [0, 0.05) is 12.5 Å². The number of aliphatic carboxylic acids is 1. The van der Waals surface area contributed by atoms with E-state index < -0.39 is 29.2 Å². The van der Waals surface area contributed by atoms with Gasteiger partial charge in [0.1, 0.15) is 0 Å². The first-order valence-electron chi connectivity index (χ1n) is 8.48. The zero-order chi connectivity index (χ0) is 20.2. The summed E-state index contributed by atoms with van der Waals surface area (Å²) in [4.78, 5) is 45.8. The van der Waals surface area contributed by atoms with E-state index in [1.54, 1.807) is 13.8 Å². The number of aliphatic hydroxyl groups is 1. The molecule has 0 aliphatic heterocycles. The van der Waals surface area contributed by atoms with Crippen LogP contribution in [0.4, 0.5) is 0 Å². The number of rotatable bonds is 13. The predicted octanol–water partition coefficient (Wildman–Crippen LogP) is 0.489. The van der Waals surface area contributed by atoms with Crippen molar-refractivity contribution < 1.29 is 38.9 Å². The van der Waals surface area contributed by atoms with Crippen molar-refractivity contribution in [2.45, 2.75) is 46.0 Å². The van der Waals surface area contributed by atoms with Crippen LogP contribution in [0, 0.1) is 11.3 Å². The second kappa shape index (κ2) is 12.2. The summed E-state index contributed by atoms with van der Waals surface area (Å²) in [5, 5.41) is 19.9. The zero-order valence-corrected chi connectivity index (χ0v) is 15.6. The van der Waals surface area contributed by atoms with Crippen molar-refractivity contribution in [1.82, 2.24) is 5.32 Å². The summed E-state index contributed by atoms with van der Waals surface area (Å²) in [6.45, 7) is 3.33. The summed E-state index contributed by atoms with van der Waals surface area (Å²) >= 11 is 0. The van der Waals surface area contributed by atoms with Gasteiger partial charge in [-0.15, -0.1) is 0 Å². The van der Waals surface area contributed by atoms with E-state index in [1.165, 1.54) is 7.11 Å². The van der Waals surface area contributed by atoms with Gasteiger partial charge < -0.3 is 25.0 Å². The molecule has 0 aromatic heterocycles. The molecule has 26 heavy (non-hydrogen) atoms. The quantitative estimate of drug-likeness (QED) is 0.312. The molecule has 0 bridgehead atoms. The van der Waals surface area contributed by atoms with E-state index in [0.29, 0.717) is 12.8 Å². The summed E-state index contributed by atoms with van der Waals surface area (Å²) in [6.07, 6.45) is 0.491. The number of hydrogen-bond donors (Lipinski definition) is 3. The van der Waals surface area contributed by atoms with Crippen LogP contribution in [0.2, 0.25) is 0 Å². The van der Waals surface area contributed by atoms with Crippen molar-refractivity contribution in [3.63, 3.8) is 0 Å². The Labute approximate surface area is 153 Å². The molecule has 0 radical (unpaired) electrons. The third-order valence-electron chi connectivity index (χ3n) is 3.78. The molecule has 0 aliphatic carbocycles. The number of methoxy groups -OCH3 is 1. The summed E-state index contributed by atoms with van der Waals surface area (Å²) in [5.74, 6) is -2.93. The van der Waals surface area contributed by atoms with Crippen LogP contribution in [0.25, 0.3) is 0 Å². The molecule has 0 saturated carbocycles. The number of ether oxygens (including phenoxy) is 2. The molecule has 1 amide bonds. The Morgan fingerprint density at radius 3 is 2.35 bits per heavy atom. The largest absolute Gasteiger partial charge is 0.481 e. The molecule has 3 N–H and O–H groups in total. The first kappa shape index (κ1) is 23.8. The summed E-state index contributed by atoms with van der Waals surface area (Å²) in [7, 11) is 1.28. The fourth-order valence-corrected chi connectivity index (χ4v) is 2.42. The van der Waals surface area contributed by atoms with E-state index in [0.717, 1.165) is 0 Å². The lowest BCUT2D eigenvalue weighted by Gasteiger charge is -2.26. The lowest BCUT2D eigenvalue weighted by Crippen LogP contribution is -2.37. The maximum absolute atomic E-state index is 12.2. The van der Waals surface area contributed by atoms with E-state index in [1.807, 2.05) is 0 Å². The fraction of sp³-hybridized carbons (Fsp3) is 0.765. The average molecular weight is 375 g/mol. The van der Waals surface area contributed by atoms with Crippen LogP contribution in [-0.4, -0.2) is 60.9 Å². The molecule has 0 saturated heterocycles. The molecule has 9 nitrogen and oxygen atoms in total. The minimum Gasteiger partial charge on any atom is -0.481 e. The highest BCUT2D eigenvalue weighted by molar-refractivity contribution is 5.81. The predicted molar refractivity (Wildman–Crippen MR) is 91.1 cm³/mol. The van der Waals surface area contributed by atoms with E-state index in [2.05, 4.69) is 5.32 Å². The van der Waals surface area contributed by atoms with Crippen molar-refractivity contribution in [2.75, 3.05) is 26.9 Å². The van der Waals surface area contributed by atoms with Gasteiger partial charge >= 0.3 is 17.9 Å². The van der Waals surface area contributed by atoms with Gasteiger partial charge in [-0.25, -0.2) is 0 Å². The number of carboxylic acids is 1. The lowest BCUT2D eigenvalue weighted by molar-refractivity contribution is -0.152. The Bertz CT molecular complexity index is 489. The van der Waals surface area contributed by atoms with Crippen molar-refractivity contribution in [3.8, 4) is 0 Å². The molecule has 0 heterocycles. The van der Waals surface area contributed by atoms with E-state index in [-0.39, 0.29) is 44.9 Å². The third kappa shape index (κ3) is 9.97. The number of amides is 1. The topological polar surface area (TPSA) is 139 Å². The van der Waals surface area contributed by atoms with Crippen molar-refractivity contribution in [1.29, 1.82) is 0 Å². The maximum Gasteiger partial charge on any atom is 0.311 e. The highest BCUT2D eigenvalue weighted by Gasteiger charge is 2.34. The molecule has 0 fully saturated rings. The number of carbonyl (C=O) groups excluding carboxylic acids is 3. The summed E-state index contributed by atoms with van der Waals surface area (Å²) in [5.41, 5.74) is -0.867. The van der Waals surface area contributed by atoms with Crippen LogP contribution in [0.5, 0.6) is 0 Å². The average Bonchev–Trinajstić information content (AvgIpc) is 2.59. The van der Waals surface area contributed by atoms with Crippen LogP contribution in [-0.2, 0) is 28.7 Å². The molecule has 1 unspecified atom stereocenters. The molecule has 0 aromatic carbocycles. The summed E-state index contributed by atoms with van der Waals surface area (Å²) in [6, 6.07) is 0. The summed E-state index contributed by atoms with van der Waals surface area (Å²) < 4.78 is 9.69. The third-order valence-corrected chi connectivity index (χ3v) is 3.78. The molecule has 0 aliphatic rings. The molecule has 0 rings (SSSR count). The van der Waals surface area contributed by atoms with Crippen LogP contribution < -0.4 is 5.32 Å². The highest BCUT2D eigenvalue weighted by atomic mass is 16.5. The minimum atomic E-state index is -1.08. The van der Waals surface area contributed by atoms with Crippen molar-refractivity contribution in [3.05, 3.63) is 0 Å². The maximum atomic E-state index is 12.2. The van der Waals surface area contributed by atoms with Crippen LogP contribution in [0.1, 0.15) is 46.0 Å². The minimum absolute atomic E-state index is 0.0564. The Hall–Kier alpha value is -2.16. The van der Waals surface area contributed by atoms with E-state index in [4.69, 9.17) is 19.7 Å². The highest BCUT2D eigenvalue weighted by Crippen LogP contribution is 2.29. The van der Waals surface area contributed by atoms with Gasteiger partial charge in [0.15, 0.2) is 0 Å². The first-order valence-corrected chi connectivity index (χ1v) is 8.48. The van der Waals surface area contributed by atoms with Gasteiger partial charge in [-0.3, -0.25) is 19.2 Å². The molecule has 0 aromatic rings. The normalized spacial score (nSPS) is 12.2. The van der Waals surface area contributed by atoms with Crippen LogP contribution in [0.3, 0.4) is 0 Å². The van der Waals surface area contributed by atoms with Gasteiger partial charge in [0.25, 0.3) is 0 Å². The van der Waals surface area contributed by atoms with Gasteiger partial charge in [-0.1, -0.05) is 0 Å². The lowest BCUT2D eigenvalue weighted by atomic mass is 9.80. The fourth-order valence-electron chi connectivity index (χ4n) is 2.42. The molecule has 150 valence electrons. The van der Waals surface area contributed by atoms with Gasteiger partial charge in [-0.05, 0) is 33.1 Å².